The maximum Gasteiger partial charge on any atom is 0.0640 e. The molecule has 0 aromatic heterocycles. The minimum atomic E-state index is -0.364. The Hall–Kier alpha value is -2.29. The summed E-state index contributed by atoms with van der Waals surface area (Å²) in [7, 11) is 0. The molecule has 2 rings (SSSR count). The van der Waals surface area contributed by atoms with Gasteiger partial charge in [0.15, 0.2) is 0 Å². The predicted octanol–water partition coefficient (Wildman–Crippen LogP) is 2.15. The molecule has 0 aliphatic heterocycles. The fraction of sp³-hybridized carbons (Fsp3) is 0. The van der Waals surface area contributed by atoms with Crippen molar-refractivity contribution in [1.82, 2.24) is 0 Å². The van der Waals surface area contributed by atoms with Crippen LogP contribution >= 0.6 is 0 Å². The van der Waals surface area contributed by atoms with Gasteiger partial charge in [-0.1, -0.05) is 36.4 Å². The number of aliphatic imine (C=N–C) groups is 1. The smallest absolute Gasteiger partial charge is 0.0640 e. The molecule has 0 amide bonds. The standard InChI is InChI=1S/C13H12N2O/c16-13(14-11-7-3-1-4-8-11)15-12-9-5-2-6-10-12/h1-10H,(H2,14,15,16)/p-1. The highest BCUT2D eigenvalue weighted by Gasteiger charge is 1.89. The van der Waals surface area contributed by atoms with Crippen LogP contribution in [0.15, 0.2) is 65.7 Å². The molecule has 0 radical (unpaired) electrons. The molecule has 1 N–H and O–H groups in total. The van der Waals surface area contributed by atoms with E-state index in [0.29, 0.717) is 5.69 Å². The van der Waals surface area contributed by atoms with Gasteiger partial charge in [-0.25, -0.2) is 4.99 Å². The first-order chi connectivity index (χ1) is 7.84. The average molecular weight is 211 g/mol. The van der Waals surface area contributed by atoms with Crippen LogP contribution in [0.3, 0.4) is 0 Å². The first kappa shape index (κ1) is 10.2. The van der Waals surface area contributed by atoms with Crippen molar-refractivity contribution in [2.75, 3.05) is 5.32 Å². The minimum absolute atomic E-state index is 0.364. The van der Waals surface area contributed by atoms with Gasteiger partial charge in [0.2, 0.25) is 0 Å². The van der Waals surface area contributed by atoms with Gasteiger partial charge < -0.3 is 10.4 Å². The molecule has 16 heavy (non-hydrogen) atoms. The van der Waals surface area contributed by atoms with Crippen molar-refractivity contribution >= 4 is 17.4 Å². The quantitative estimate of drug-likeness (QED) is 0.611. The van der Waals surface area contributed by atoms with Crippen molar-refractivity contribution in [2.24, 2.45) is 4.99 Å². The number of anilines is 1. The number of hydrogen-bond donors (Lipinski definition) is 1. The van der Waals surface area contributed by atoms with Gasteiger partial charge in [-0.3, -0.25) is 0 Å². The summed E-state index contributed by atoms with van der Waals surface area (Å²) in [5.41, 5.74) is 1.39. The lowest BCUT2D eigenvalue weighted by Crippen LogP contribution is -2.26. The lowest BCUT2D eigenvalue weighted by atomic mass is 10.3. The summed E-state index contributed by atoms with van der Waals surface area (Å²) in [5.74, 6) is 0. The first-order valence-corrected chi connectivity index (χ1v) is 4.97. The Bertz CT molecular complexity index is 466. The topological polar surface area (TPSA) is 47.5 Å². The molecule has 0 saturated carbocycles. The summed E-state index contributed by atoms with van der Waals surface area (Å²) >= 11 is 0. The van der Waals surface area contributed by atoms with Crippen LogP contribution in [0.5, 0.6) is 0 Å². The lowest BCUT2D eigenvalue weighted by Gasteiger charge is -2.13. The van der Waals surface area contributed by atoms with Crippen molar-refractivity contribution in [1.29, 1.82) is 0 Å². The van der Waals surface area contributed by atoms with Crippen LogP contribution in [0.25, 0.3) is 0 Å². The molecular formula is C13H11N2O-. The van der Waals surface area contributed by atoms with Gasteiger partial charge in [0.1, 0.15) is 0 Å². The van der Waals surface area contributed by atoms with Crippen LogP contribution in [-0.2, 0) is 0 Å². The fourth-order valence-corrected chi connectivity index (χ4v) is 1.29. The second-order valence-electron chi connectivity index (χ2n) is 3.24. The number of nitrogens with zero attached hydrogens (tertiary/aromatic N) is 1. The maximum absolute atomic E-state index is 11.5. The number of nitrogens with one attached hydrogen (secondary N) is 1. The third kappa shape index (κ3) is 2.85. The van der Waals surface area contributed by atoms with Crippen molar-refractivity contribution in [3.63, 3.8) is 0 Å². The second kappa shape index (κ2) is 4.98. The Labute approximate surface area is 94.1 Å². The Morgan fingerprint density at radius 1 is 0.875 bits per heavy atom. The Morgan fingerprint density at radius 3 is 2.06 bits per heavy atom. The zero-order valence-electron chi connectivity index (χ0n) is 8.63. The number of para-hydroxylation sites is 2. The number of hydrogen-bond acceptors (Lipinski definition) is 2. The molecule has 2 aromatic rings. The molecule has 3 nitrogen and oxygen atoms in total. The lowest BCUT2D eigenvalue weighted by molar-refractivity contribution is -0.214. The van der Waals surface area contributed by atoms with Gasteiger partial charge in [-0.05, 0) is 24.3 Å². The van der Waals surface area contributed by atoms with Gasteiger partial charge in [0.25, 0.3) is 0 Å². The molecule has 0 spiro atoms. The van der Waals surface area contributed by atoms with E-state index < -0.39 is 0 Å². The normalized spacial score (nSPS) is 11.1. The monoisotopic (exact) mass is 211 g/mol. The van der Waals surface area contributed by atoms with E-state index in [4.69, 9.17) is 0 Å². The van der Waals surface area contributed by atoms with Gasteiger partial charge in [0.05, 0.1) is 11.7 Å². The molecule has 0 aliphatic carbocycles. The van der Waals surface area contributed by atoms with E-state index in [-0.39, 0.29) is 6.02 Å². The zero-order chi connectivity index (χ0) is 11.2. The Morgan fingerprint density at radius 2 is 1.44 bits per heavy atom. The molecule has 0 saturated heterocycles. The largest absolute Gasteiger partial charge is 0.846 e. The highest BCUT2D eigenvalue weighted by Crippen LogP contribution is 2.10. The summed E-state index contributed by atoms with van der Waals surface area (Å²) in [6.07, 6.45) is 0. The van der Waals surface area contributed by atoms with Crippen LogP contribution in [-0.4, -0.2) is 6.02 Å². The molecule has 0 atom stereocenters. The van der Waals surface area contributed by atoms with Crippen molar-refractivity contribution in [2.45, 2.75) is 0 Å². The fourth-order valence-electron chi connectivity index (χ4n) is 1.29. The van der Waals surface area contributed by atoms with Crippen molar-refractivity contribution in [3.8, 4) is 0 Å². The van der Waals surface area contributed by atoms with Gasteiger partial charge >= 0.3 is 0 Å². The molecule has 2 aromatic carbocycles. The van der Waals surface area contributed by atoms with Crippen LogP contribution in [0.4, 0.5) is 11.4 Å². The van der Waals surface area contributed by atoms with Crippen LogP contribution in [0, 0.1) is 0 Å². The molecular weight excluding hydrogens is 200 g/mol. The predicted molar refractivity (Wildman–Crippen MR) is 63.6 cm³/mol. The zero-order valence-corrected chi connectivity index (χ0v) is 8.63. The SMILES string of the molecule is [O-]C(=Nc1ccccc1)Nc1ccccc1. The van der Waals surface area contributed by atoms with Gasteiger partial charge in [-0.15, -0.1) is 0 Å². The summed E-state index contributed by atoms with van der Waals surface area (Å²) in [6, 6.07) is 18.0. The third-order valence-electron chi connectivity index (χ3n) is 2.01. The van der Waals surface area contributed by atoms with E-state index in [2.05, 4.69) is 10.3 Å². The third-order valence-corrected chi connectivity index (χ3v) is 2.01. The van der Waals surface area contributed by atoms with Crippen LogP contribution < -0.4 is 10.4 Å². The number of rotatable bonds is 2. The molecule has 80 valence electrons. The first-order valence-electron chi connectivity index (χ1n) is 4.97. The van der Waals surface area contributed by atoms with Gasteiger partial charge in [-0.2, -0.15) is 0 Å². The van der Waals surface area contributed by atoms with E-state index in [1.54, 1.807) is 12.1 Å². The molecule has 0 heterocycles. The molecule has 0 aliphatic rings. The van der Waals surface area contributed by atoms with Crippen LogP contribution in [0.2, 0.25) is 0 Å². The summed E-state index contributed by atoms with van der Waals surface area (Å²) < 4.78 is 0. The Kier molecular flexibility index (Phi) is 3.18. The second-order valence-corrected chi connectivity index (χ2v) is 3.24. The maximum atomic E-state index is 11.5. The Balaban J connectivity index is 2.09. The summed E-state index contributed by atoms with van der Waals surface area (Å²) in [4.78, 5) is 3.90. The number of benzene rings is 2. The van der Waals surface area contributed by atoms with Crippen molar-refractivity contribution in [3.05, 3.63) is 60.7 Å². The molecule has 3 heteroatoms. The van der Waals surface area contributed by atoms with Crippen LogP contribution in [0.1, 0.15) is 0 Å². The van der Waals surface area contributed by atoms with E-state index in [9.17, 15) is 5.11 Å². The average Bonchev–Trinajstić information content (AvgIpc) is 2.31. The van der Waals surface area contributed by atoms with E-state index in [0.717, 1.165) is 5.69 Å². The highest BCUT2D eigenvalue weighted by molar-refractivity contribution is 5.87. The highest BCUT2D eigenvalue weighted by atomic mass is 16.3. The number of amidine groups is 1. The summed E-state index contributed by atoms with van der Waals surface area (Å²) in [5, 5.41) is 14.2. The van der Waals surface area contributed by atoms with Gasteiger partial charge in [0, 0.05) is 5.69 Å². The van der Waals surface area contributed by atoms with E-state index >= 15 is 0 Å². The summed E-state index contributed by atoms with van der Waals surface area (Å²) in [6.45, 7) is 0. The molecule has 0 fully saturated rings. The minimum Gasteiger partial charge on any atom is -0.846 e. The molecule has 0 unspecified atom stereocenters. The van der Waals surface area contributed by atoms with E-state index in [1.807, 2.05) is 48.5 Å². The van der Waals surface area contributed by atoms with E-state index in [1.165, 1.54) is 0 Å². The molecule has 0 bridgehead atoms. The van der Waals surface area contributed by atoms with Crippen molar-refractivity contribution < 1.29 is 5.11 Å².